The minimum absolute atomic E-state index is 0.0184. The summed E-state index contributed by atoms with van der Waals surface area (Å²) in [5, 5.41) is 11.6. The van der Waals surface area contributed by atoms with E-state index in [1.165, 1.54) is 23.1 Å². The van der Waals surface area contributed by atoms with Crippen molar-refractivity contribution in [2.24, 2.45) is 0 Å². The highest BCUT2D eigenvalue weighted by molar-refractivity contribution is 5.87. The Hall–Kier alpha value is -4.13. The van der Waals surface area contributed by atoms with Gasteiger partial charge in [0.1, 0.15) is 13.2 Å². The third kappa shape index (κ3) is 4.78. The fourth-order valence-electron chi connectivity index (χ4n) is 4.36. The molecule has 3 aromatic carbocycles. The summed E-state index contributed by atoms with van der Waals surface area (Å²) in [5.41, 5.74) is 5.89. The minimum Gasteiger partial charge on any atom is -0.480 e. The largest absolute Gasteiger partial charge is 0.480 e. The van der Waals surface area contributed by atoms with Crippen molar-refractivity contribution in [2.45, 2.75) is 18.8 Å². The number of carboxylic acid groups (broad SMARTS) is 1. The van der Waals surface area contributed by atoms with Gasteiger partial charge in [-0.05, 0) is 46.9 Å². The molecule has 34 heavy (non-hydrogen) atoms. The zero-order valence-electron chi connectivity index (χ0n) is 19.0. The van der Waals surface area contributed by atoms with Crippen LogP contribution in [0.2, 0.25) is 0 Å². The summed E-state index contributed by atoms with van der Waals surface area (Å²) in [6.07, 6.45) is -0.556. The van der Waals surface area contributed by atoms with Gasteiger partial charge in [-0.2, -0.15) is 0 Å². The molecule has 174 valence electrons. The molecule has 0 radical (unpaired) electrons. The van der Waals surface area contributed by atoms with Crippen molar-refractivity contribution in [1.29, 1.82) is 0 Å². The lowest BCUT2D eigenvalue weighted by Gasteiger charge is -2.20. The summed E-state index contributed by atoms with van der Waals surface area (Å²) in [4.78, 5) is 36.9. The average molecular weight is 459 g/mol. The Morgan fingerprint density at radius 3 is 2.06 bits per heavy atom. The molecule has 0 aromatic heterocycles. The molecular formula is C27H26N2O5. The van der Waals surface area contributed by atoms with E-state index in [1.807, 2.05) is 24.3 Å². The Morgan fingerprint density at radius 1 is 0.941 bits per heavy atom. The Kier molecular flexibility index (Phi) is 6.63. The highest BCUT2D eigenvalue weighted by Gasteiger charge is 2.29. The van der Waals surface area contributed by atoms with Crippen LogP contribution in [-0.2, 0) is 14.3 Å². The van der Waals surface area contributed by atoms with Crippen LogP contribution in [0, 0.1) is 0 Å². The fraction of sp³-hybridized carbons (Fsp3) is 0.222. The van der Waals surface area contributed by atoms with E-state index in [0.29, 0.717) is 5.69 Å². The van der Waals surface area contributed by atoms with Crippen molar-refractivity contribution in [3.63, 3.8) is 0 Å². The maximum atomic E-state index is 12.5. The van der Waals surface area contributed by atoms with Crippen LogP contribution in [0.4, 0.5) is 10.5 Å². The van der Waals surface area contributed by atoms with E-state index in [4.69, 9.17) is 9.84 Å². The highest BCUT2D eigenvalue weighted by Crippen LogP contribution is 2.44. The number of nitrogens with zero attached hydrogens (tertiary/aromatic N) is 1. The van der Waals surface area contributed by atoms with E-state index < -0.39 is 18.0 Å². The smallest absolute Gasteiger partial charge is 0.411 e. The lowest BCUT2D eigenvalue weighted by atomic mass is 9.98. The molecule has 0 saturated carbocycles. The van der Waals surface area contributed by atoms with Crippen molar-refractivity contribution in [3.8, 4) is 11.1 Å². The van der Waals surface area contributed by atoms with E-state index in [0.717, 1.165) is 16.7 Å². The van der Waals surface area contributed by atoms with E-state index in [2.05, 4.69) is 29.6 Å². The van der Waals surface area contributed by atoms with E-state index in [-0.39, 0.29) is 25.0 Å². The maximum Gasteiger partial charge on any atom is 0.411 e. The number of hydrogen-bond acceptors (Lipinski definition) is 4. The Morgan fingerprint density at radius 2 is 1.50 bits per heavy atom. The van der Waals surface area contributed by atoms with Crippen molar-refractivity contribution >= 4 is 23.7 Å². The van der Waals surface area contributed by atoms with Gasteiger partial charge in [-0.15, -0.1) is 0 Å². The van der Waals surface area contributed by atoms with Gasteiger partial charge < -0.3 is 14.7 Å². The molecule has 1 aliphatic rings. The molecule has 3 aromatic rings. The summed E-state index contributed by atoms with van der Waals surface area (Å²) < 4.78 is 5.56. The number of aliphatic carboxylic acids is 1. The summed E-state index contributed by atoms with van der Waals surface area (Å²) in [5.74, 6) is -1.88. The van der Waals surface area contributed by atoms with Crippen LogP contribution in [0.15, 0.2) is 72.8 Å². The van der Waals surface area contributed by atoms with E-state index in [1.54, 1.807) is 31.2 Å². The van der Waals surface area contributed by atoms with Crippen molar-refractivity contribution in [1.82, 2.24) is 4.90 Å². The van der Waals surface area contributed by atoms with Gasteiger partial charge in [0.15, 0.2) is 0 Å². The number of hydrogen-bond donors (Lipinski definition) is 2. The molecule has 7 nitrogen and oxygen atoms in total. The Balaban J connectivity index is 1.36. The van der Waals surface area contributed by atoms with Gasteiger partial charge in [-0.1, -0.05) is 60.7 Å². The van der Waals surface area contributed by atoms with Crippen LogP contribution in [-0.4, -0.2) is 48.2 Å². The lowest BCUT2D eigenvalue weighted by Crippen LogP contribution is -2.34. The number of amides is 2. The van der Waals surface area contributed by atoms with Gasteiger partial charge in [0.05, 0.1) is 5.92 Å². The van der Waals surface area contributed by atoms with Crippen LogP contribution >= 0.6 is 0 Å². The topological polar surface area (TPSA) is 95.9 Å². The molecule has 1 atom stereocenters. The quantitative estimate of drug-likeness (QED) is 0.535. The number of fused-ring (bicyclic) bond motifs is 3. The summed E-state index contributed by atoms with van der Waals surface area (Å²) in [6, 6.07) is 23.1. The van der Waals surface area contributed by atoms with Crippen molar-refractivity contribution < 1.29 is 24.2 Å². The number of ether oxygens (including phenoxy) is 1. The zero-order valence-corrected chi connectivity index (χ0v) is 19.0. The van der Waals surface area contributed by atoms with Gasteiger partial charge in [0.2, 0.25) is 5.91 Å². The number of carboxylic acids is 1. The number of carbonyl (C=O) groups is 3. The van der Waals surface area contributed by atoms with Crippen LogP contribution in [0.1, 0.15) is 35.4 Å². The second kappa shape index (κ2) is 9.79. The highest BCUT2D eigenvalue weighted by atomic mass is 16.5. The predicted molar refractivity (Wildman–Crippen MR) is 129 cm³/mol. The molecule has 0 aliphatic heterocycles. The number of nitrogens with one attached hydrogen (secondary N) is 1. The molecule has 0 fully saturated rings. The van der Waals surface area contributed by atoms with E-state index in [9.17, 15) is 14.4 Å². The first kappa shape index (κ1) is 23.0. The summed E-state index contributed by atoms with van der Waals surface area (Å²) in [7, 11) is 1.46. The molecule has 0 saturated heterocycles. The summed E-state index contributed by atoms with van der Waals surface area (Å²) >= 11 is 0. The molecule has 1 unspecified atom stereocenters. The van der Waals surface area contributed by atoms with E-state index >= 15 is 0 Å². The predicted octanol–water partition coefficient (Wildman–Crippen LogP) is 4.69. The van der Waals surface area contributed by atoms with Gasteiger partial charge in [-0.25, -0.2) is 4.79 Å². The third-order valence-corrected chi connectivity index (χ3v) is 6.12. The first-order valence-electron chi connectivity index (χ1n) is 11.0. The summed E-state index contributed by atoms with van der Waals surface area (Å²) in [6.45, 7) is 1.58. The van der Waals surface area contributed by atoms with Gasteiger partial charge >= 0.3 is 12.1 Å². The molecule has 2 amide bonds. The monoisotopic (exact) mass is 458 g/mol. The number of likely N-dealkylation sites (N-methyl/N-ethyl adjacent to an activating group) is 1. The molecule has 1 aliphatic carbocycles. The average Bonchev–Trinajstić information content (AvgIpc) is 3.15. The number of rotatable bonds is 7. The Labute approximate surface area is 198 Å². The molecule has 4 rings (SSSR count). The van der Waals surface area contributed by atoms with Crippen molar-refractivity contribution in [3.05, 3.63) is 89.5 Å². The minimum atomic E-state index is -1.06. The first-order valence-corrected chi connectivity index (χ1v) is 11.0. The van der Waals surface area contributed by atoms with Crippen LogP contribution < -0.4 is 5.32 Å². The van der Waals surface area contributed by atoms with Gasteiger partial charge in [-0.3, -0.25) is 14.9 Å². The number of carbonyl (C=O) groups excluding carboxylic acids is 2. The molecule has 0 spiro atoms. The first-order chi connectivity index (χ1) is 16.3. The molecular weight excluding hydrogens is 432 g/mol. The lowest BCUT2D eigenvalue weighted by molar-refractivity contribution is -0.143. The third-order valence-electron chi connectivity index (χ3n) is 6.12. The second-order valence-corrected chi connectivity index (χ2v) is 8.38. The zero-order chi connectivity index (χ0) is 24.2. The SMILES string of the molecule is CC(C(=O)N(C)CC(=O)O)c1ccc(NC(=O)OCC2c3ccccc3-c3ccccc32)cc1. The fourth-order valence-corrected chi connectivity index (χ4v) is 4.36. The second-order valence-electron chi connectivity index (χ2n) is 8.38. The van der Waals surface area contributed by atoms with Crippen LogP contribution in [0.5, 0.6) is 0 Å². The maximum absolute atomic E-state index is 12.5. The Bertz CT molecular complexity index is 1180. The van der Waals surface area contributed by atoms with Crippen molar-refractivity contribution in [2.75, 3.05) is 25.5 Å². The molecule has 7 heteroatoms. The standard InChI is InChI=1S/C27H26N2O5/c1-17(26(32)29(2)15-25(30)31)18-11-13-19(14-12-18)28-27(33)34-16-24-22-9-5-3-7-20(22)21-8-4-6-10-23(21)24/h3-14,17,24H,15-16H2,1-2H3,(H,28,33)(H,30,31). The van der Waals surface area contributed by atoms with Gasteiger partial charge in [0, 0.05) is 18.7 Å². The molecule has 0 heterocycles. The van der Waals surface area contributed by atoms with Gasteiger partial charge in [0.25, 0.3) is 0 Å². The normalized spacial score (nSPS) is 12.9. The number of benzene rings is 3. The number of anilines is 1. The van der Waals surface area contributed by atoms with Crippen LogP contribution in [0.3, 0.4) is 0 Å². The molecule has 2 N–H and O–H groups in total. The van der Waals surface area contributed by atoms with Crippen LogP contribution in [0.25, 0.3) is 11.1 Å². The molecule has 0 bridgehead atoms.